The van der Waals surface area contributed by atoms with E-state index < -0.39 is 5.97 Å². The monoisotopic (exact) mass is 390 g/mol. The number of aromatic nitrogens is 1. The topological polar surface area (TPSA) is 42.4 Å². The molecule has 148 valence electrons. The Morgan fingerprint density at radius 2 is 2.00 bits per heavy atom. The summed E-state index contributed by atoms with van der Waals surface area (Å²) in [6.45, 7) is 5.28. The maximum absolute atomic E-state index is 14.0. The van der Waals surface area contributed by atoms with Crippen molar-refractivity contribution in [3.8, 4) is 0 Å². The van der Waals surface area contributed by atoms with Crippen molar-refractivity contribution in [2.24, 2.45) is 0 Å². The largest absolute Gasteiger partial charge is 0.461 e. The first-order chi connectivity index (χ1) is 14.0. The van der Waals surface area contributed by atoms with E-state index in [9.17, 15) is 9.18 Å². The van der Waals surface area contributed by atoms with Gasteiger partial charge in [0.15, 0.2) is 0 Å². The molecule has 0 N–H and O–H groups in total. The summed E-state index contributed by atoms with van der Waals surface area (Å²) in [6.07, 6.45) is 1.75. The summed E-state index contributed by atoms with van der Waals surface area (Å²) in [4.78, 5) is 18.7. The van der Waals surface area contributed by atoms with Gasteiger partial charge in [-0.2, -0.15) is 0 Å². The Bertz CT molecular complexity index is 1020. The number of halogens is 1. The Kier molecular flexibility index (Phi) is 5.30. The lowest BCUT2D eigenvalue weighted by Crippen LogP contribution is -2.34. The molecule has 1 atom stereocenters. The lowest BCUT2D eigenvalue weighted by Gasteiger charge is -2.36. The van der Waals surface area contributed by atoms with Crippen molar-refractivity contribution < 1.29 is 13.9 Å². The molecule has 5 heteroatoms. The number of benzene rings is 2. The van der Waals surface area contributed by atoms with Gasteiger partial charge in [-0.3, -0.25) is 0 Å². The van der Waals surface area contributed by atoms with Crippen molar-refractivity contribution in [2.75, 3.05) is 18.1 Å². The van der Waals surface area contributed by atoms with Crippen molar-refractivity contribution in [1.29, 1.82) is 0 Å². The van der Waals surface area contributed by atoms with Gasteiger partial charge in [0.05, 0.1) is 6.61 Å². The Morgan fingerprint density at radius 3 is 2.72 bits per heavy atom. The van der Waals surface area contributed by atoms with Gasteiger partial charge in [-0.15, -0.1) is 0 Å². The highest BCUT2D eigenvalue weighted by Crippen LogP contribution is 2.36. The van der Waals surface area contributed by atoms with Crippen LogP contribution in [0.1, 0.15) is 45.6 Å². The third-order valence-electron chi connectivity index (χ3n) is 5.24. The highest BCUT2D eigenvalue weighted by Gasteiger charge is 2.28. The lowest BCUT2D eigenvalue weighted by atomic mass is 9.85. The van der Waals surface area contributed by atoms with Crippen LogP contribution in [0, 0.1) is 12.7 Å². The Labute approximate surface area is 170 Å². The fraction of sp³-hybridized carbons (Fsp3) is 0.250. The summed E-state index contributed by atoms with van der Waals surface area (Å²) < 4.78 is 19.1. The standard InChI is InChI=1S/C24H23FN2O2/c1-3-29-24(28)23-12-21-18(13-26-23)14-27(20-10-16(2)9-19(25)11-20)15-22(21)17-7-5-4-6-8-17/h4-13,22H,3,14-15H2,1-2H3. The van der Waals surface area contributed by atoms with Crippen molar-refractivity contribution >= 4 is 11.7 Å². The van der Waals surface area contributed by atoms with Crippen LogP contribution in [-0.4, -0.2) is 24.1 Å². The average Bonchev–Trinajstić information content (AvgIpc) is 2.72. The van der Waals surface area contributed by atoms with Crippen LogP contribution < -0.4 is 4.90 Å². The highest BCUT2D eigenvalue weighted by molar-refractivity contribution is 5.87. The third kappa shape index (κ3) is 3.99. The predicted octanol–water partition coefficient (Wildman–Crippen LogP) is 4.86. The number of hydrogen-bond acceptors (Lipinski definition) is 4. The van der Waals surface area contributed by atoms with Gasteiger partial charge in [-0.1, -0.05) is 30.3 Å². The van der Waals surface area contributed by atoms with E-state index in [-0.39, 0.29) is 11.7 Å². The molecular weight excluding hydrogens is 367 g/mol. The first kappa shape index (κ1) is 19.1. The fourth-order valence-electron chi connectivity index (χ4n) is 3.93. The van der Waals surface area contributed by atoms with E-state index in [4.69, 9.17) is 4.74 Å². The number of anilines is 1. The van der Waals surface area contributed by atoms with Crippen LogP contribution in [0.15, 0.2) is 60.8 Å². The minimum atomic E-state index is -0.412. The second kappa shape index (κ2) is 8.03. The fourth-order valence-corrected chi connectivity index (χ4v) is 3.93. The normalized spacial score (nSPS) is 15.7. The van der Waals surface area contributed by atoms with E-state index >= 15 is 0 Å². The molecule has 3 aromatic rings. The first-order valence-corrected chi connectivity index (χ1v) is 9.78. The van der Waals surface area contributed by atoms with E-state index in [1.807, 2.05) is 37.3 Å². The predicted molar refractivity (Wildman–Crippen MR) is 111 cm³/mol. The molecule has 1 unspecified atom stereocenters. The molecule has 0 spiro atoms. The molecule has 0 saturated heterocycles. The molecule has 0 fully saturated rings. The molecule has 1 aromatic heterocycles. The number of pyridine rings is 1. The minimum absolute atomic E-state index is 0.0414. The van der Waals surface area contributed by atoms with E-state index in [1.165, 1.54) is 6.07 Å². The quantitative estimate of drug-likeness (QED) is 0.597. The summed E-state index contributed by atoms with van der Waals surface area (Å²) in [5.74, 6) is -0.608. The van der Waals surface area contributed by atoms with Crippen molar-refractivity contribution in [3.05, 3.63) is 94.6 Å². The summed E-state index contributed by atoms with van der Waals surface area (Å²) in [6, 6.07) is 17.1. The number of ether oxygens (including phenoxy) is 1. The van der Waals surface area contributed by atoms with E-state index in [2.05, 4.69) is 22.0 Å². The molecule has 4 rings (SSSR count). The minimum Gasteiger partial charge on any atom is -0.461 e. The average molecular weight is 390 g/mol. The van der Waals surface area contributed by atoms with Crippen molar-refractivity contribution in [2.45, 2.75) is 26.3 Å². The number of rotatable bonds is 4. The molecule has 2 aromatic carbocycles. The van der Waals surface area contributed by atoms with Gasteiger partial charge in [0, 0.05) is 30.9 Å². The second-order valence-corrected chi connectivity index (χ2v) is 7.32. The Hall–Kier alpha value is -3.21. The van der Waals surface area contributed by atoms with Crippen LogP contribution >= 0.6 is 0 Å². The molecular formula is C24H23FN2O2. The van der Waals surface area contributed by atoms with E-state index in [0.717, 1.165) is 27.9 Å². The smallest absolute Gasteiger partial charge is 0.356 e. The summed E-state index contributed by atoms with van der Waals surface area (Å²) >= 11 is 0. The highest BCUT2D eigenvalue weighted by atomic mass is 19.1. The molecule has 29 heavy (non-hydrogen) atoms. The zero-order valence-electron chi connectivity index (χ0n) is 16.6. The van der Waals surface area contributed by atoms with Gasteiger partial charge >= 0.3 is 5.97 Å². The van der Waals surface area contributed by atoms with E-state index in [0.29, 0.717) is 25.4 Å². The molecule has 1 aliphatic rings. The van der Waals surface area contributed by atoms with Crippen LogP contribution in [0.25, 0.3) is 0 Å². The Balaban J connectivity index is 1.78. The lowest BCUT2D eigenvalue weighted by molar-refractivity contribution is 0.0519. The summed E-state index contributed by atoms with van der Waals surface area (Å²) in [5.41, 5.74) is 5.30. The van der Waals surface area contributed by atoms with Gasteiger partial charge in [0.2, 0.25) is 0 Å². The number of esters is 1. The third-order valence-corrected chi connectivity index (χ3v) is 5.24. The molecule has 4 nitrogen and oxygen atoms in total. The molecule has 0 saturated carbocycles. The van der Waals surface area contributed by atoms with Crippen molar-refractivity contribution in [3.63, 3.8) is 0 Å². The van der Waals surface area contributed by atoms with Crippen LogP contribution in [0.3, 0.4) is 0 Å². The number of nitrogens with zero attached hydrogens (tertiary/aromatic N) is 2. The van der Waals surface area contributed by atoms with E-state index in [1.54, 1.807) is 19.2 Å². The molecule has 0 amide bonds. The summed E-state index contributed by atoms with van der Waals surface area (Å²) in [5, 5.41) is 0. The number of aryl methyl sites for hydroxylation is 1. The molecule has 0 aliphatic carbocycles. The number of carbonyl (C=O) groups is 1. The first-order valence-electron chi connectivity index (χ1n) is 9.78. The summed E-state index contributed by atoms with van der Waals surface area (Å²) in [7, 11) is 0. The second-order valence-electron chi connectivity index (χ2n) is 7.32. The number of fused-ring (bicyclic) bond motifs is 1. The van der Waals surface area contributed by atoms with Gasteiger partial charge in [-0.25, -0.2) is 14.2 Å². The molecule has 0 radical (unpaired) electrons. The number of hydrogen-bond donors (Lipinski definition) is 0. The van der Waals surface area contributed by atoms with Crippen LogP contribution in [0.5, 0.6) is 0 Å². The molecule has 0 bridgehead atoms. The van der Waals surface area contributed by atoms with Gasteiger partial charge in [-0.05, 0) is 60.4 Å². The van der Waals surface area contributed by atoms with Crippen LogP contribution in [-0.2, 0) is 11.3 Å². The number of carbonyl (C=O) groups excluding carboxylic acids is 1. The van der Waals surface area contributed by atoms with Crippen LogP contribution in [0.2, 0.25) is 0 Å². The van der Waals surface area contributed by atoms with Gasteiger partial charge < -0.3 is 9.64 Å². The molecule has 2 heterocycles. The van der Waals surface area contributed by atoms with Gasteiger partial charge in [0.25, 0.3) is 0 Å². The zero-order chi connectivity index (χ0) is 20.4. The van der Waals surface area contributed by atoms with Crippen LogP contribution in [0.4, 0.5) is 10.1 Å². The SMILES string of the molecule is CCOC(=O)c1cc2c(cn1)CN(c1cc(C)cc(F)c1)CC2c1ccccc1. The van der Waals surface area contributed by atoms with Gasteiger partial charge in [0.1, 0.15) is 11.5 Å². The maximum Gasteiger partial charge on any atom is 0.356 e. The maximum atomic E-state index is 14.0. The molecule has 1 aliphatic heterocycles. The van der Waals surface area contributed by atoms with Crippen molar-refractivity contribution in [1.82, 2.24) is 4.98 Å². The zero-order valence-corrected chi connectivity index (χ0v) is 16.6. The Morgan fingerprint density at radius 1 is 1.21 bits per heavy atom.